The predicted octanol–water partition coefficient (Wildman–Crippen LogP) is 1.60. The first-order valence-corrected chi connectivity index (χ1v) is 6.81. The molecule has 2 heterocycles. The van der Waals surface area contributed by atoms with Crippen LogP contribution in [-0.2, 0) is 19.5 Å². The maximum Gasteiger partial charge on any atom is 0.120 e. The van der Waals surface area contributed by atoms with Crippen LogP contribution in [0.5, 0.6) is 5.75 Å². The summed E-state index contributed by atoms with van der Waals surface area (Å²) in [6.45, 7) is 3.84. The monoisotopic (exact) mass is 259 g/mol. The van der Waals surface area contributed by atoms with Gasteiger partial charge in [0.05, 0.1) is 12.6 Å². The second-order valence-electron chi connectivity index (χ2n) is 5.24. The van der Waals surface area contributed by atoms with Crippen molar-refractivity contribution in [3.8, 4) is 5.75 Å². The number of fused-ring (bicyclic) bond motifs is 3. The minimum absolute atomic E-state index is 0.696. The summed E-state index contributed by atoms with van der Waals surface area (Å²) in [6, 6.07) is 6.35. The van der Waals surface area contributed by atoms with E-state index in [4.69, 9.17) is 10.5 Å². The van der Waals surface area contributed by atoms with Gasteiger partial charge in [0.15, 0.2) is 0 Å². The molecule has 1 aromatic heterocycles. The number of methoxy groups -OCH3 is 1. The third-order valence-corrected chi connectivity index (χ3v) is 4.01. The lowest BCUT2D eigenvalue weighted by Crippen LogP contribution is -2.30. The lowest BCUT2D eigenvalue weighted by molar-refractivity contribution is 0.271. The van der Waals surface area contributed by atoms with E-state index in [9.17, 15) is 0 Å². The Balaban J connectivity index is 2.23. The van der Waals surface area contributed by atoms with Gasteiger partial charge in [-0.05, 0) is 37.7 Å². The van der Waals surface area contributed by atoms with Crippen LogP contribution in [0.3, 0.4) is 0 Å². The molecule has 4 heteroatoms. The Morgan fingerprint density at radius 3 is 2.89 bits per heavy atom. The molecule has 102 valence electrons. The summed E-state index contributed by atoms with van der Waals surface area (Å²) < 4.78 is 7.79. The average Bonchev–Trinajstić information content (AvgIpc) is 2.72. The summed E-state index contributed by atoms with van der Waals surface area (Å²) in [5.74, 6) is 0.922. The van der Waals surface area contributed by atoms with Gasteiger partial charge in [-0.15, -0.1) is 0 Å². The van der Waals surface area contributed by atoms with Gasteiger partial charge in [0.25, 0.3) is 0 Å². The minimum atomic E-state index is 0.696. The van der Waals surface area contributed by atoms with Crippen LogP contribution in [-0.4, -0.2) is 36.7 Å². The smallest absolute Gasteiger partial charge is 0.120 e. The predicted molar refractivity (Wildman–Crippen MR) is 77.6 cm³/mol. The molecule has 3 rings (SSSR count). The Hall–Kier alpha value is -1.52. The maximum atomic E-state index is 5.79. The molecule has 0 unspecified atom stereocenters. The first-order chi connectivity index (χ1) is 9.24. The van der Waals surface area contributed by atoms with Crippen LogP contribution in [0.15, 0.2) is 18.2 Å². The van der Waals surface area contributed by atoms with E-state index in [0.29, 0.717) is 6.54 Å². The molecule has 19 heavy (non-hydrogen) atoms. The Labute approximate surface area is 113 Å². The average molecular weight is 259 g/mol. The number of hydrogen-bond acceptors (Lipinski definition) is 3. The molecule has 2 aromatic rings. The van der Waals surface area contributed by atoms with Gasteiger partial charge in [0, 0.05) is 36.8 Å². The van der Waals surface area contributed by atoms with E-state index in [1.54, 1.807) is 7.11 Å². The molecular formula is C15H21N3O. The molecule has 1 aliphatic rings. The van der Waals surface area contributed by atoms with Crippen molar-refractivity contribution in [3.63, 3.8) is 0 Å². The van der Waals surface area contributed by atoms with Crippen molar-refractivity contribution in [2.45, 2.75) is 19.5 Å². The van der Waals surface area contributed by atoms with Gasteiger partial charge in [0.1, 0.15) is 5.75 Å². The molecule has 0 atom stereocenters. The lowest BCUT2D eigenvalue weighted by Gasteiger charge is -2.26. The molecule has 1 aliphatic heterocycles. The number of hydrogen-bond donors (Lipinski definition) is 1. The van der Waals surface area contributed by atoms with Crippen LogP contribution in [0.1, 0.15) is 11.3 Å². The van der Waals surface area contributed by atoms with Crippen LogP contribution in [0, 0.1) is 0 Å². The van der Waals surface area contributed by atoms with Crippen LogP contribution in [0.4, 0.5) is 0 Å². The van der Waals surface area contributed by atoms with Crippen molar-refractivity contribution in [1.29, 1.82) is 0 Å². The summed E-state index contributed by atoms with van der Waals surface area (Å²) in [7, 11) is 3.89. The minimum Gasteiger partial charge on any atom is -0.497 e. The SMILES string of the molecule is COc1ccc2c(CCN)c3n(c2c1)CCN(C)C3. The lowest BCUT2D eigenvalue weighted by atomic mass is 10.1. The zero-order chi connectivity index (χ0) is 13.4. The summed E-state index contributed by atoms with van der Waals surface area (Å²) >= 11 is 0. The van der Waals surface area contributed by atoms with Gasteiger partial charge in [0.2, 0.25) is 0 Å². The van der Waals surface area contributed by atoms with Crippen LogP contribution >= 0.6 is 0 Å². The van der Waals surface area contributed by atoms with Crippen molar-refractivity contribution in [2.75, 3.05) is 27.2 Å². The molecule has 2 N–H and O–H groups in total. The Bertz CT molecular complexity index is 603. The van der Waals surface area contributed by atoms with Crippen LogP contribution < -0.4 is 10.5 Å². The highest BCUT2D eigenvalue weighted by atomic mass is 16.5. The van der Waals surface area contributed by atoms with Gasteiger partial charge < -0.3 is 15.0 Å². The van der Waals surface area contributed by atoms with Crippen LogP contribution in [0.25, 0.3) is 10.9 Å². The largest absolute Gasteiger partial charge is 0.497 e. The Kier molecular flexibility index (Phi) is 3.21. The molecule has 0 saturated heterocycles. The topological polar surface area (TPSA) is 43.4 Å². The van der Waals surface area contributed by atoms with E-state index in [-0.39, 0.29) is 0 Å². The molecule has 1 aromatic carbocycles. The van der Waals surface area contributed by atoms with Crippen molar-refractivity contribution in [1.82, 2.24) is 9.47 Å². The summed E-state index contributed by atoms with van der Waals surface area (Å²) in [5, 5.41) is 1.33. The van der Waals surface area contributed by atoms with Gasteiger partial charge in [-0.3, -0.25) is 4.90 Å². The van der Waals surface area contributed by atoms with E-state index >= 15 is 0 Å². The van der Waals surface area contributed by atoms with Gasteiger partial charge >= 0.3 is 0 Å². The number of nitrogens with zero attached hydrogens (tertiary/aromatic N) is 2. The maximum absolute atomic E-state index is 5.79. The van der Waals surface area contributed by atoms with E-state index in [1.807, 2.05) is 6.07 Å². The summed E-state index contributed by atoms with van der Waals surface area (Å²) in [6.07, 6.45) is 0.943. The highest BCUT2D eigenvalue weighted by Crippen LogP contribution is 2.32. The van der Waals surface area contributed by atoms with Gasteiger partial charge in [-0.25, -0.2) is 0 Å². The molecule has 0 spiro atoms. The highest BCUT2D eigenvalue weighted by Gasteiger charge is 2.21. The summed E-state index contributed by atoms with van der Waals surface area (Å²) in [5.41, 5.74) is 9.90. The standard InChI is InChI=1S/C15H21N3O/c1-17-7-8-18-14-9-11(19-2)3-4-12(14)13(5-6-16)15(18)10-17/h3-4,9H,5-8,10,16H2,1-2H3. The third kappa shape index (κ3) is 2.01. The van der Waals surface area contributed by atoms with E-state index in [2.05, 4.69) is 28.6 Å². The fraction of sp³-hybridized carbons (Fsp3) is 0.467. The van der Waals surface area contributed by atoms with E-state index in [1.165, 1.54) is 22.2 Å². The van der Waals surface area contributed by atoms with Crippen molar-refractivity contribution < 1.29 is 4.74 Å². The number of ether oxygens (including phenoxy) is 1. The van der Waals surface area contributed by atoms with E-state index in [0.717, 1.165) is 31.8 Å². The fourth-order valence-electron chi connectivity index (χ4n) is 3.05. The molecular weight excluding hydrogens is 238 g/mol. The van der Waals surface area contributed by atoms with Crippen LogP contribution in [0.2, 0.25) is 0 Å². The molecule has 0 saturated carbocycles. The number of aromatic nitrogens is 1. The Morgan fingerprint density at radius 1 is 1.32 bits per heavy atom. The zero-order valence-electron chi connectivity index (χ0n) is 11.6. The normalized spacial score (nSPS) is 15.7. The second kappa shape index (κ2) is 4.87. The zero-order valence-corrected chi connectivity index (χ0v) is 11.6. The van der Waals surface area contributed by atoms with Crippen molar-refractivity contribution in [3.05, 3.63) is 29.5 Å². The number of rotatable bonds is 3. The number of likely N-dealkylation sites (N-methyl/N-ethyl adjacent to an activating group) is 1. The first-order valence-electron chi connectivity index (χ1n) is 6.81. The fourth-order valence-corrected chi connectivity index (χ4v) is 3.05. The van der Waals surface area contributed by atoms with Crippen molar-refractivity contribution in [2.24, 2.45) is 5.73 Å². The molecule has 0 amide bonds. The second-order valence-corrected chi connectivity index (χ2v) is 5.24. The number of benzene rings is 1. The molecule has 0 fully saturated rings. The molecule has 4 nitrogen and oxygen atoms in total. The third-order valence-electron chi connectivity index (χ3n) is 4.01. The molecule has 0 aliphatic carbocycles. The van der Waals surface area contributed by atoms with Crippen molar-refractivity contribution >= 4 is 10.9 Å². The quantitative estimate of drug-likeness (QED) is 0.910. The van der Waals surface area contributed by atoms with Gasteiger partial charge in [-0.2, -0.15) is 0 Å². The molecule has 0 bridgehead atoms. The highest BCUT2D eigenvalue weighted by molar-refractivity contribution is 5.87. The number of nitrogens with two attached hydrogens (primary N) is 1. The summed E-state index contributed by atoms with van der Waals surface area (Å²) in [4.78, 5) is 2.37. The first kappa shape index (κ1) is 12.5. The van der Waals surface area contributed by atoms with E-state index < -0.39 is 0 Å². The Morgan fingerprint density at radius 2 is 2.16 bits per heavy atom. The van der Waals surface area contributed by atoms with Gasteiger partial charge in [-0.1, -0.05) is 0 Å². The molecule has 0 radical (unpaired) electrons.